The number of benzene rings is 2. The minimum Gasteiger partial charge on any atom is -0.457 e. The van der Waals surface area contributed by atoms with Crippen LogP contribution in [0.3, 0.4) is 0 Å². The fourth-order valence-corrected chi connectivity index (χ4v) is 3.41. The van der Waals surface area contributed by atoms with Gasteiger partial charge in [0.15, 0.2) is 0 Å². The number of piperidine rings is 1. The van der Waals surface area contributed by atoms with Crippen LogP contribution < -0.4 is 15.4 Å². The predicted molar refractivity (Wildman–Crippen MR) is 101 cm³/mol. The van der Waals surface area contributed by atoms with Crippen LogP contribution in [0, 0.1) is 5.92 Å². The van der Waals surface area contributed by atoms with Crippen LogP contribution in [0.2, 0.25) is 0 Å². The third-order valence-electron chi connectivity index (χ3n) is 4.90. The molecule has 0 saturated carbocycles. The topological polar surface area (TPSA) is 38.5 Å². The van der Waals surface area contributed by atoms with Gasteiger partial charge in [-0.05, 0) is 55.2 Å². The van der Waals surface area contributed by atoms with E-state index in [1.807, 2.05) is 30.3 Å². The molecule has 128 valence electrons. The van der Waals surface area contributed by atoms with Crippen molar-refractivity contribution in [2.45, 2.75) is 38.6 Å². The first kappa shape index (κ1) is 16.8. The van der Waals surface area contributed by atoms with Crippen molar-refractivity contribution in [2.75, 3.05) is 18.0 Å². The van der Waals surface area contributed by atoms with E-state index >= 15 is 0 Å². The van der Waals surface area contributed by atoms with Crippen LogP contribution in [0.25, 0.3) is 0 Å². The van der Waals surface area contributed by atoms with Crippen molar-refractivity contribution in [3.63, 3.8) is 0 Å². The van der Waals surface area contributed by atoms with Crippen molar-refractivity contribution in [3.8, 4) is 11.5 Å². The number of anilines is 1. The first-order valence-corrected chi connectivity index (χ1v) is 9.09. The molecule has 0 bridgehead atoms. The number of ether oxygens (including phenoxy) is 1. The molecule has 2 aromatic rings. The summed E-state index contributed by atoms with van der Waals surface area (Å²) in [6.07, 6.45) is 4.84. The molecular weight excluding hydrogens is 296 g/mol. The van der Waals surface area contributed by atoms with Crippen LogP contribution in [0.1, 0.15) is 32.6 Å². The fourth-order valence-electron chi connectivity index (χ4n) is 3.41. The number of hydrogen-bond acceptors (Lipinski definition) is 3. The standard InChI is InChI=1S/C21H28N2O/c1-2-3-7-17-16-23(15-14-21(17)22)18-10-12-20(13-11-18)24-19-8-5-4-6-9-19/h4-6,8-13,17,21H,2-3,7,14-16,22H2,1H3/t17-,21+/m1/s1. The average Bonchev–Trinajstić information content (AvgIpc) is 2.63. The highest BCUT2D eigenvalue weighted by atomic mass is 16.5. The number of para-hydroxylation sites is 1. The van der Waals surface area contributed by atoms with Gasteiger partial charge in [-0.25, -0.2) is 0 Å². The summed E-state index contributed by atoms with van der Waals surface area (Å²) in [6, 6.07) is 18.7. The van der Waals surface area contributed by atoms with Crippen LogP contribution in [0.4, 0.5) is 5.69 Å². The quantitative estimate of drug-likeness (QED) is 0.827. The highest BCUT2D eigenvalue weighted by Gasteiger charge is 2.26. The van der Waals surface area contributed by atoms with Gasteiger partial charge in [-0.15, -0.1) is 0 Å². The molecule has 3 rings (SSSR count). The van der Waals surface area contributed by atoms with E-state index < -0.39 is 0 Å². The number of nitrogens with two attached hydrogens (primary N) is 1. The van der Waals surface area contributed by atoms with Crippen LogP contribution in [0.5, 0.6) is 11.5 Å². The molecule has 0 radical (unpaired) electrons. The molecule has 1 aliphatic heterocycles. The van der Waals surface area contributed by atoms with Gasteiger partial charge >= 0.3 is 0 Å². The molecule has 0 aliphatic carbocycles. The first-order chi connectivity index (χ1) is 11.8. The molecule has 1 fully saturated rings. The molecule has 3 nitrogen and oxygen atoms in total. The molecule has 0 amide bonds. The summed E-state index contributed by atoms with van der Waals surface area (Å²) < 4.78 is 5.87. The maximum absolute atomic E-state index is 6.32. The zero-order valence-corrected chi connectivity index (χ0v) is 14.5. The maximum Gasteiger partial charge on any atom is 0.127 e. The Labute approximate surface area is 145 Å². The maximum atomic E-state index is 6.32. The Kier molecular flexibility index (Phi) is 5.76. The highest BCUT2D eigenvalue weighted by Crippen LogP contribution is 2.28. The molecule has 0 spiro atoms. The van der Waals surface area contributed by atoms with Crippen molar-refractivity contribution in [1.29, 1.82) is 0 Å². The smallest absolute Gasteiger partial charge is 0.127 e. The first-order valence-electron chi connectivity index (χ1n) is 9.09. The minimum absolute atomic E-state index is 0.355. The second-order valence-electron chi connectivity index (χ2n) is 6.71. The van der Waals surface area contributed by atoms with E-state index in [9.17, 15) is 0 Å². The second-order valence-corrected chi connectivity index (χ2v) is 6.71. The van der Waals surface area contributed by atoms with Gasteiger partial charge in [0.1, 0.15) is 11.5 Å². The lowest BCUT2D eigenvalue weighted by Gasteiger charge is -2.38. The molecule has 0 aromatic heterocycles. The van der Waals surface area contributed by atoms with Crippen molar-refractivity contribution in [2.24, 2.45) is 11.7 Å². The van der Waals surface area contributed by atoms with E-state index in [-0.39, 0.29) is 0 Å². The van der Waals surface area contributed by atoms with Crippen LogP contribution in [0.15, 0.2) is 54.6 Å². The molecular formula is C21H28N2O. The molecule has 3 heteroatoms. The summed E-state index contributed by atoms with van der Waals surface area (Å²) >= 11 is 0. The van der Waals surface area contributed by atoms with E-state index in [1.54, 1.807) is 0 Å². The van der Waals surface area contributed by atoms with Crippen LogP contribution in [-0.4, -0.2) is 19.1 Å². The molecule has 2 aromatic carbocycles. The van der Waals surface area contributed by atoms with Gasteiger partial charge < -0.3 is 15.4 Å². The lowest BCUT2D eigenvalue weighted by Crippen LogP contribution is -2.47. The third-order valence-corrected chi connectivity index (χ3v) is 4.90. The lowest BCUT2D eigenvalue weighted by atomic mass is 9.88. The Morgan fingerprint density at radius 2 is 1.75 bits per heavy atom. The Morgan fingerprint density at radius 1 is 1.04 bits per heavy atom. The Morgan fingerprint density at radius 3 is 2.46 bits per heavy atom. The largest absolute Gasteiger partial charge is 0.457 e. The number of hydrogen-bond donors (Lipinski definition) is 1. The Bertz CT molecular complexity index is 611. The predicted octanol–water partition coefficient (Wildman–Crippen LogP) is 4.82. The Balaban J connectivity index is 1.62. The molecule has 24 heavy (non-hydrogen) atoms. The highest BCUT2D eigenvalue weighted by molar-refractivity contribution is 5.50. The minimum atomic E-state index is 0.355. The SMILES string of the molecule is CCCC[C@@H]1CN(c2ccc(Oc3ccccc3)cc2)CC[C@@H]1N. The van der Waals surface area contributed by atoms with E-state index in [4.69, 9.17) is 10.5 Å². The van der Waals surface area contributed by atoms with Gasteiger partial charge in [0.2, 0.25) is 0 Å². The summed E-state index contributed by atoms with van der Waals surface area (Å²) in [4.78, 5) is 2.47. The average molecular weight is 324 g/mol. The fraction of sp³-hybridized carbons (Fsp3) is 0.429. The van der Waals surface area contributed by atoms with E-state index in [0.717, 1.165) is 31.0 Å². The summed E-state index contributed by atoms with van der Waals surface area (Å²) in [6.45, 7) is 4.36. The van der Waals surface area contributed by atoms with Gasteiger partial charge in [-0.1, -0.05) is 38.0 Å². The number of unbranched alkanes of at least 4 members (excludes halogenated alkanes) is 1. The molecule has 1 aliphatic rings. The van der Waals surface area contributed by atoms with Crippen molar-refractivity contribution in [3.05, 3.63) is 54.6 Å². The summed E-state index contributed by atoms with van der Waals surface area (Å²) in [5.74, 6) is 2.36. The third kappa shape index (κ3) is 4.30. The van der Waals surface area contributed by atoms with Crippen molar-refractivity contribution in [1.82, 2.24) is 0 Å². The number of nitrogens with zero attached hydrogens (tertiary/aromatic N) is 1. The lowest BCUT2D eigenvalue weighted by molar-refractivity contribution is 0.330. The normalized spacial score (nSPS) is 20.8. The van der Waals surface area contributed by atoms with Gasteiger partial charge in [0.25, 0.3) is 0 Å². The van der Waals surface area contributed by atoms with Crippen LogP contribution >= 0.6 is 0 Å². The molecule has 0 unspecified atom stereocenters. The summed E-state index contributed by atoms with van der Waals surface area (Å²) in [5, 5.41) is 0. The molecule has 2 N–H and O–H groups in total. The summed E-state index contributed by atoms with van der Waals surface area (Å²) in [7, 11) is 0. The van der Waals surface area contributed by atoms with Crippen LogP contribution in [-0.2, 0) is 0 Å². The summed E-state index contributed by atoms with van der Waals surface area (Å²) in [5.41, 5.74) is 7.59. The van der Waals surface area contributed by atoms with E-state index in [2.05, 4.69) is 36.1 Å². The molecule has 1 saturated heterocycles. The van der Waals surface area contributed by atoms with Gasteiger partial charge in [0.05, 0.1) is 0 Å². The monoisotopic (exact) mass is 324 g/mol. The second kappa shape index (κ2) is 8.20. The zero-order chi connectivity index (χ0) is 16.8. The van der Waals surface area contributed by atoms with E-state index in [0.29, 0.717) is 12.0 Å². The van der Waals surface area contributed by atoms with Crippen molar-refractivity contribution < 1.29 is 4.74 Å². The zero-order valence-electron chi connectivity index (χ0n) is 14.5. The van der Waals surface area contributed by atoms with E-state index in [1.165, 1.54) is 24.9 Å². The molecule has 1 heterocycles. The van der Waals surface area contributed by atoms with Gasteiger partial charge in [-0.2, -0.15) is 0 Å². The number of rotatable bonds is 6. The molecule has 2 atom stereocenters. The Hall–Kier alpha value is -2.00. The van der Waals surface area contributed by atoms with Crippen molar-refractivity contribution >= 4 is 5.69 Å². The van der Waals surface area contributed by atoms with Gasteiger partial charge in [0, 0.05) is 24.8 Å². The van der Waals surface area contributed by atoms with Gasteiger partial charge in [-0.3, -0.25) is 0 Å².